The summed E-state index contributed by atoms with van der Waals surface area (Å²) < 4.78 is 34.0. The monoisotopic (exact) mass is 402 g/mol. The van der Waals surface area contributed by atoms with Crippen molar-refractivity contribution in [2.24, 2.45) is 0 Å². The lowest BCUT2D eigenvalue weighted by Crippen LogP contribution is -2.39. The van der Waals surface area contributed by atoms with E-state index in [9.17, 15) is 8.42 Å². The van der Waals surface area contributed by atoms with Gasteiger partial charge < -0.3 is 4.74 Å². The summed E-state index contributed by atoms with van der Waals surface area (Å²) in [5.41, 5.74) is 4.08. The topological polar surface area (TPSA) is 58.6 Å². The van der Waals surface area contributed by atoms with Crippen LogP contribution in [0.4, 0.5) is 0 Å². The fourth-order valence-electron chi connectivity index (χ4n) is 3.59. The van der Waals surface area contributed by atoms with E-state index in [1.807, 2.05) is 45.0 Å². The molecule has 1 atom stereocenters. The van der Waals surface area contributed by atoms with Crippen molar-refractivity contribution >= 4 is 10.0 Å². The quantitative estimate of drug-likeness (QED) is 0.722. The van der Waals surface area contributed by atoms with E-state index < -0.39 is 10.0 Å². The van der Waals surface area contributed by atoms with Crippen LogP contribution >= 0.6 is 0 Å². The molecule has 0 aliphatic carbocycles. The van der Waals surface area contributed by atoms with Gasteiger partial charge in [0.15, 0.2) is 0 Å². The first kappa shape index (κ1) is 21.0. The smallest absolute Gasteiger partial charge is 0.240 e. The first-order valence-corrected chi connectivity index (χ1v) is 11.3. The second-order valence-corrected chi connectivity index (χ2v) is 9.26. The number of ether oxygens (including phenoxy) is 1. The Bertz CT molecular complexity index is 897. The summed E-state index contributed by atoms with van der Waals surface area (Å²) in [5.74, 6) is 0. The second kappa shape index (κ2) is 9.18. The Morgan fingerprint density at radius 1 is 1.07 bits per heavy atom. The summed E-state index contributed by atoms with van der Waals surface area (Å²) in [6.07, 6.45) is 0.856. The van der Waals surface area contributed by atoms with Crippen molar-refractivity contribution in [3.05, 3.63) is 64.7 Å². The molecule has 2 aromatic carbocycles. The molecule has 0 amide bonds. The average molecular weight is 403 g/mol. The molecule has 6 heteroatoms. The van der Waals surface area contributed by atoms with Gasteiger partial charge in [-0.1, -0.05) is 36.4 Å². The minimum Gasteiger partial charge on any atom is -0.371 e. The predicted molar refractivity (Wildman–Crippen MR) is 112 cm³/mol. The predicted octanol–water partition coefficient (Wildman–Crippen LogP) is 3.35. The van der Waals surface area contributed by atoms with Gasteiger partial charge in [0.1, 0.15) is 0 Å². The maximum absolute atomic E-state index is 12.7. The SMILES string of the molecule is Cc1cc(C)c(S(=O)(=O)NCCCN2CCOC(c3ccccc3)C2)cc1C. The number of hydrogen-bond donors (Lipinski definition) is 1. The van der Waals surface area contributed by atoms with Crippen LogP contribution in [0.1, 0.15) is 34.8 Å². The van der Waals surface area contributed by atoms with Crippen molar-refractivity contribution < 1.29 is 13.2 Å². The van der Waals surface area contributed by atoms with Crippen molar-refractivity contribution in [3.8, 4) is 0 Å². The van der Waals surface area contributed by atoms with Crippen LogP contribution in [0.25, 0.3) is 0 Å². The third-order valence-corrected chi connectivity index (χ3v) is 6.95. The molecular weight excluding hydrogens is 372 g/mol. The first-order valence-electron chi connectivity index (χ1n) is 9.83. The van der Waals surface area contributed by atoms with Crippen molar-refractivity contribution in [2.75, 3.05) is 32.8 Å². The highest BCUT2D eigenvalue weighted by molar-refractivity contribution is 7.89. The van der Waals surface area contributed by atoms with Crippen LogP contribution in [-0.4, -0.2) is 46.1 Å². The van der Waals surface area contributed by atoms with Gasteiger partial charge in [-0.25, -0.2) is 13.1 Å². The highest BCUT2D eigenvalue weighted by Crippen LogP contribution is 2.22. The van der Waals surface area contributed by atoms with Gasteiger partial charge in [0.25, 0.3) is 0 Å². The van der Waals surface area contributed by atoms with E-state index in [0.717, 1.165) is 42.7 Å². The minimum atomic E-state index is -3.48. The van der Waals surface area contributed by atoms with Gasteiger partial charge in [0, 0.05) is 19.6 Å². The Morgan fingerprint density at radius 3 is 2.54 bits per heavy atom. The number of sulfonamides is 1. The molecule has 1 unspecified atom stereocenters. The molecule has 0 spiro atoms. The number of hydrogen-bond acceptors (Lipinski definition) is 4. The zero-order valence-corrected chi connectivity index (χ0v) is 17.8. The number of rotatable bonds is 7. The minimum absolute atomic E-state index is 0.0878. The van der Waals surface area contributed by atoms with E-state index in [-0.39, 0.29) is 6.10 Å². The number of nitrogens with zero attached hydrogens (tertiary/aromatic N) is 1. The molecule has 0 radical (unpaired) electrons. The number of nitrogens with one attached hydrogen (secondary N) is 1. The van der Waals surface area contributed by atoms with Gasteiger partial charge >= 0.3 is 0 Å². The molecule has 1 heterocycles. The second-order valence-electron chi connectivity index (χ2n) is 7.52. The third kappa shape index (κ3) is 5.20. The van der Waals surface area contributed by atoms with Crippen LogP contribution in [0.5, 0.6) is 0 Å². The molecule has 1 aliphatic heterocycles. The van der Waals surface area contributed by atoms with Gasteiger partial charge in [-0.15, -0.1) is 0 Å². The normalized spacial score (nSPS) is 18.3. The van der Waals surface area contributed by atoms with E-state index in [2.05, 4.69) is 21.8 Å². The zero-order valence-electron chi connectivity index (χ0n) is 16.9. The Hall–Kier alpha value is -1.73. The summed E-state index contributed by atoms with van der Waals surface area (Å²) in [6, 6.07) is 13.9. The van der Waals surface area contributed by atoms with Gasteiger partial charge in [-0.05, 0) is 62.1 Å². The highest BCUT2D eigenvalue weighted by atomic mass is 32.2. The molecule has 1 saturated heterocycles. The van der Waals surface area contributed by atoms with Crippen molar-refractivity contribution in [1.82, 2.24) is 9.62 Å². The molecule has 1 N–H and O–H groups in total. The van der Waals surface area contributed by atoms with Gasteiger partial charge in [-0.3, -0.25) is 4.90 Å². The maximum Gasteiger partial charge on any atom is 0.240 e. The molecule has 1 fully saturated rings. The van der Waals surface area contributed by atoms with Crippen LogP contribution in [0, 0.1) is 20.8 Å². The lowest BCUT2D eigenvalue weighted by atomic mass is 10.1. The summed E-state index contributed by atoms with van der Waals surface area (Å²) in [6.45, 7) is 9.49. The maximum atomic E-state index is 12.7. The van der Waals surface area contributed by atoms with Crippen molar-refractivity contribution in [2.45, 2.75) is 38.2 Å². The highest BCUT2D eigenvalue weighted by Gasteiger charge is 2.22. The Labute approximate surface area is 168 Å². The Kier molecular flexibility index (Phi) is 6.88. The molecular formula is C22H30N2O3S. The van der Waals surface area contributed by atoms with E-state index in [0.29, 0.717) is 18.0 Å². The lowest BCUT2D eigenvalue weighted by Gasteiger charge is -2.33. The molecule has 2 aromatic rings. The van der Waals surface area contributed by atoms with E-state index in [1.165, 1.54) is 5.56 Å². The van der Waals surface area contributed by atoms with E-state index in [4.69, 9.17) is 4.74 Å². The lowest BCUT2D eigenvalue weighted by molar-refractivity contribution is -0.0300. The molecule has 152 valence electrons. The van der Waals surface area contributed by atoms with E-state index >= 15 is 0 Å². The molecule has 0 saturated carbocycles. The Morgan fingerprint density at radius 2 is 1.79 bits per heavy atom. The summed E-state index contributed by atoms with van der Waals surface area (Å²) in [7, 11) is -3.48. The van der Waals surface area contributed by atoms with Crippen LogP contribution < -0.4 is 4.72 Å². The van der Waals surface area contributed by atoms with Crippen molar-refractivity contribution in [1.29, 1.82) is 0 Å². The van der Waals surface area contributed by atoms with Crippen molar-refractivity contribution in [3.63, 3.8) is 0 Å². The molecule has 28 heavy (non-hydrogen) atoms. The zero-order chi connectivity index (χ0) is 20.1. The third-order valence-electron chi connectivity index (χ3n) is 5.35. The largest absolute Gasteiger partial charge is 0.371 e. The van der Waals surface area contributed by atoms with Gasteiger partial charge in [-0.2, -0.15) is 0 Å². The molecule has 0 aromatic heterocycles. The van der Waals surface area contributed by atoms with E-state index in [1.54, 1.807) is 6.07 Å². The molecule has 3 rings (SSSR count). The molecule has 1 aliphatic rings. The average Bonchev–Trinajstić information content (AvgIpc) is 2.69. The van der Waals surface area contributed by atoms with Gasteiger partial charge in [0.2, 0.25) is 10.0 Å². The Balaban J connectivity index is 1.51. The van der Waals surface area contributed by atoms with Gasteiger partial charge in [0.05, 0.1) is 17.6 Å². The first-order chi connectivity index (χ1) is 13.4. The van der Waals surface area contributed by atoms with Crippen LogP contribution in [0.2, 0.25) is 0 Å². The van der Waals surface area contributed by atoms with Crippen LogP contribution in [0.3, 0.4) is 0 Å². The number of benzene rings is 2. The summed E-state index contributed by atoms with van der Waals surface area (Å²) in [5, 5.41) is 0. The summed E-state index contributed by atoms with van der Waals surface area (Å²) >= 11 is 0. The number of aryl methyl sites for hydroxylation is 3. The van der Waals surface area contributed by atoms with Crippen LogP contribution in [0.15, 0.2) is 47.4 Å². The number of morpholine rings is 1. The summed E-state index contributed by atoms with van der Waals surface area (Å²) in [4.78, 5) is 2.72. The van der Waals surface area contributed by atoms with Crippen LogP contribution in [-0.2, 0) is 14.8 Å². The fourth-order valence-corrected chi connectivity index (χ4v) is 4.97. The standard InChI is InChI=1S/C22H30N2O3S/c1-17-14-19(3)22(15-18(17)2)28(25,26)23-10-7-11-24-12-13-27-21(16-24)20-8-5-4-6-9-20/h4-6,8-9,14-15,21,23H,7,10-13,16H2,1-3H3. The molecule has 0 bridgehead atoms. The fraction of sp³-hybridized carbons (Fsp3) is 0.455. The molecule has 5 nitrogen and oxygen atoms in total.